The van der Waals surface area contributed by atoms with Gasteiger partial charge >= 0.3 is 11.7 Å². The zero-order valence-electron chi connectivity index (χ0n) is 20.5. The van der Waals surface area contributed by atoms with Crippen molar-refractivity contribution in [3.63, 3.8) is 0 Å². The van der Waals surface area contributed by atoms with Crippen LogP contribution in [0.4, 0.5) is 0 Å². The quantitative estimate of drug-likeness (QED) is 0.371. The maximum absolute atomic E-state index is 13.5. The zero-order valence-corrected chi connectivity index (χ0v) is 22.1. The minimum atomic E-state index is -3.99. The Morgan fingerprint density at radius 3 is 2.25 bits per heavy atom. The molecule has 2 unspecified atom stereocenters. The lowest BCUT2D eigenvalue weighted by Crippen LogP contribution is -2.30. The topological polar surface area (TPSA) is 145 Å². The summed E-state index contributed by atoms with van der Waals surface area (Å²) in [5.41, 5.74) is 0.233. The van der Waals surface area contributed by atoms with E-state index in [9.17, 15) is 31.5 Å². The highest BCUT2D eigenvalue weighted by molar-refractivity contribution is 7.94. The smallest absolute Gasteiger partial charge is 0.331 e. The third kappa shape index (κ3) is 5.54. The molecule has 196 valence electrons. The molecule has 0 saturated carbocycles. The molecular formula is C24H31N3O7S2. The largest absolute Gasteiger partial charge is 0.480 e. The molecule has 0 amide bonds. The Morgan fingerprint density at radius 2 is 1.67 bits per heavy atom. The molecule has 10 nitrogen and oxygen atoms in total. The number of carbonyl (C=O) groups is 1. The molecule has 0 aliphatic heterocycles. The zero-order chi connectivity index (χ0) is 26.7. The number of carboxylic acids is 1. The third-order valence-electron chi connectivity index (χ3n) is 6.27. The number of fused-ring (bicyclic) bond motifs is 1. The normalized spacial score (nSPS) is 14.1. The van der Waals surface area contributed by atoms with Gasteiger partial charge in [-0.25, -0.2) is 26.6 Å². The predicted molar refractivity (Wildman–Crippen MR) is 136 cm³/mol. The highest BCUT2D eigenvalue weighted by atomic mass is 32.2. The molecule has 0 spiro atoms. The highest BCUT2D eigenvalue weighted by Gasteiger charge is 2.32. The van der Waals surface area contributed by atoms with Crippen molar-refractivity contribution in [2.24, 2.45) is 0 Å². The molecule has 2 atom stereocenters. The van der Waals surface area contributed by atoms with Gasteiger partial charge in [0.25, 0.3) is 0 Å². The molecule has 0 radical (unpaired) electrons. The summed E-state index contributed by atoms with van der Waals surface area (Å²) in [5.74, 6) is -1.16. The molecule has 36 heavy (non-hydrogen) atoms. The SMILES string of the molecule is CCCC(CCC(CC)S(=O)(=O)c1ccccc1S(C)(=O)=O)n1c(=O)n(CC(=O)O)c2cccnc21. The number of sulfone groups is 2. The first-order valence-corrected chi connectivity index (χ1v) is 15.2. The van der Waals surface area contributed by atoms with Crippen LogP contribution in [0.15, 0.2) is 57.2 Å². The number of rotatable bonds is 12. The van der Waals surface area contributed by atoms with Crippen LogP contribution >= 0.6 is 0 Å². The van der Waals surface area contributed by atoms with Gasteiger partial charge < -0.3 is 5.11 Å². The van der Waals surface area contributed by atoms with Crippen LogP contribution < -0.4 is 5.69 Å². The lowest BCUT2D eigenvalue weighted by atomic mass is 10.0. The van der Waals surface area contributed by atoms with Gasteiger partial charge in [0.05, 0.1) is 20.6 Å². The Labute approximate surface area is 210 Å². The van der Waals surface area contributed by atoms with Gasteiger partial charge in [-0.1, -0.05) is 32.4 Å². The van der Waals surface area contributed by atoms with Crippen LogP contribution in [0.5, 0.6) is 0 Å². The van der Waals surface area contributed by atoms with Gasteiger partial charge in [-0.05, 0) is 49.9 Å². The number of carboxylic acid groups (broad SMARTS) is 1. The second-order valence-electron chi connectivity index (χ2n) is 8.79. The Hall–Kier alpha value is -2.99. The van der Waals surface area contributed by atoms with Crippen molar-refractivity contribution < 1.29 is 26.7 Å². The van der Waals surface area contributed by atoms with Gasteiger partial charge in [0.1, 0.15) is 6.54 Å². The van der Waals surface area contributed by atoms with Crippen LogP contribution in [0.2, 0.25) is 0 Å². The van der Waals surface area contributed by atoms with E-state index in [0.717, 1.165) is 10.8 Å². The highest BCUT2D eigenvalue weighted by Crippen LogP contribution is 2.31. The molecule has 2 heterocycles. The van der Waals surface area contributed by atoms with E-state index >= 15 is 0 Å². The van der Waals surface area contributed by atoms with Crippen molar-refractivity contribution in [2.75, 3.05) is 6.26 Å². The molecule has 0 bridgehead atoms. The first kappa shape index (κ1) is 27.6. The second-order valence-corrected chi connectivity index (χ2v) is 13.0. The van der Waals surface area contributed by atoms with Crippen molar-refractivity contribution in [1.29, 1.82) is 0 Å². The molecule has 0 aliphatic rings. The molecule has 0 fully saturated rings. The average Bonchev–Trinajstić information content (AvgIpc) is 3.09. The van der Waals surface area contributed by atoms with E-state index < -0.39 is 49.2 Å². The molecule has 0 saturated heterocycles. The molecular weight excluding hydrogens is 506 g/mol. The molecule has 1 N–H and O–H groups in total. The van der Waals surface area contributed by atoms with Crippen LogP contribution in [0.1, 0.15) is 52.0 Å². The number of pyridine rings is 1. The van der Waals surface area contributed by atoms with Gasteiger partial charge in [-0.15, -0.1) is 0 Å². The summed E-state index contributed by atoms with van der Waals surface area (Å²) in [6.07, 6.45) is 4.52. The lowest BCUT2D eigenvalue weighted by Gasteiger charge is -2.22. The van der Waals surface area contributed by atoms with Crippen molar-refractivity contribution in [2.45, 2.75) is 73.6 Å². The molecule has 0 aliphatic carbocycles. The predicted octanol–water partition coefficient (Wildman–Crippen LogP) is 3.06. The van der Waals surface area contributed by atoms with Crippen LogP contribution in [0.25, 0.3) is 11.2 Å². The van der Waals surface area contributed by atoms with Gasteiger partial charge in [-0.3, -0.25) is 13.9 Å². The van der Waals surface area contributed by atoms with Crippen LogP contribution in [-0.4, -0.2) is 53.5 Å². The fraction of sp³-hybridized carbons (Fsp3) is 0.458. The third-order valence-corrected chi connectivity index (χ3v) is 9.97. The van der Waals surface area contributed by atoms with E-state index in [-0.39, 0.29) is 22.6 Å². The summed E-state index contributed by atoms with van der Waals surface area (Å²) < 4.78 is 54.1. The fourth-order valence-electron chi connectivity index (χ4n) is 4.59. The van der Waals surface area contributed by atoms with Crippen molar-refractivity contribution in [3.8, 4) is 0 Å². The summed E-state index contributed by atoms with van der Waals surface area (Å²) in [6, 6.07) is 8.43. The van der Waals surface area contributed by atoms with E-state index in [1.54, 1.807) is 19.1 Å². The summed E-state index contributed by atoms with van der Waals surface area (Å²) in [5, 5.41) is 8.42. The second kappa shape index (κ2) is 11.0. The van der Waals surface area contributed by atoms with E-state index in [1.165, 1.54) is 35.0 Å². The first-order valence-electron chi connectivity index (χ1n) is 11.7. The number of hydrogen-bond acceptors (Lipinski definition) is 7. The maximum Gasteiger partial charge on any atom is 0.331 e. The minimum Gasteiger partial charge on any atom is -0.480 e. The fourth-order valence-corrected chi connectivity index (χ4v) is 8.01. The Morgan fingerprint density at radius 1 is 1.00 bits per heavy atom. The van der Waals surface area contributed by atoms with E-state index in [2.05, 4.69) is 4.98 Å². The summed E-state index contributed by atoms with van der Waals surface area (Å²) >= 11 is 0. The van der Waals surface area contributed by atoms with Crippen molar-refractivity contribution >= 4 is 36.8 Å². The van der Waals surface area contributed by atoms with Gasteiger partial charge in [0.15, 0.2) is 25.3 Å². The van der Waals surface area contributed by atoms with Crippen LogP contribution in [-0.2, 0) is 31.0 Å². The minimum absolute atomic E-state index is 0.187. The molecule has 2 aromatic heterocycles. The summed E-state index contributed by atoms with van der Waals surface area (Å²) in [4.78, 5) is 28.5. The van der Waals surface area contributed by atoms with Crippen LogP contribution in [0, 0.1) is 0 Å². The average molecular weight is 538 g/mol. The standard InChI is InChI=1S/C24H31N3O7S2/c1-4-9-17(27-23-19(10-8-15-25-23)26(24(27)30)16-22(28)29)13-14-18(5-2)36(33,34)21-12-7-6-11-20(21)35(3,31)32/h6-8,10-12,15,17-18H,4-5,9,13-14,16H2,1-3H3,(H,28,29). The van der Waals surface area contributed by atoms with E-state index in [1.807, 2.05) is 6.92 Å². The Kier molecular flexibility index (Phi) is 8.40. The summed E-state index contributed by atoms with van der Waals surface area (Å²) in [7, 11) is -7.75. The number of imidazole rings is 1. The molecule has 1 aromatic carbocycles. The number of benzene rings is 1. The number of aliphatic carboxylic acids is 1. The lowest BCUT2D eigenvalue weighted by molar-refractivity contribution is -0.137. The Balaban J connectivity index is 2.01. The van der Waals surface area contributed by atoms with Crippen molar-refractivity contribution in [1.82, 2.24) is 14.1 Å². The number of aromatic nitrogens is 3. The first-order chi connectivity index (χ1) is 16.9. The van der Waals surface area contributed by atoms with Gasteiger partial charge in [0, 0.05) is 18.5 Å². The van der Waals surface area contributed by atoms with Gasteiger partial charge in [-0.2, -0.15) is 0 Å². The molecule has 3 aromatic rings. The number of nitrogens with zero attached hydrogens (tertiary/aromatic N) is 3. The monoisotopic (exact) mass is 537 g/mol. The maximum atomic E-state index is 13.5. The Bertz CT molecular complexity index is 1520. The van der Waals surface area contributed by atoms with Gasteiger partial charge in [0.2, 0.25) is 0 Å². The van der Waals surface area contributed by atoms with E-state index in [0.29, 0.717) is 30.4 Å². The van der Waals surface area contributed by atoms with Crippen molar-refractivity contribution in [3.05, 3.63) is 53.1 Å². The summed E-state index contributed by atoms with van der Waals surface area (Å²) in [6.45, 7) is 3.16. The molecule has 3 rings (SSSR count). The van der Waals surface area contributed by atoms with E-state index in [4.69, 9.17) is 0 Å². The molecule has 12 heteroatoms. The van der Waals surface area contributed by atoms with Crippen LogP contribution in [0.3, 0.4) is 0 Å². The number of hydrogen-bond donors (Lipinski definition) is 1.